The molecule has 2 aliphatic rings. The summed E-state index contributed by atoms with van der Waals surface area (Å²) in [6.45, 7) is 0.693. The second kappa shape index (κ2) is 6.08. The number of aromatic nitrogens is 2. The molecule has 1 saturated heterocycles. The summed E-state index contributed by atoms with van der Waals surface area (Å²) in [7, 11) is 0. The number of hydrogen-bond acceptors (Lipinski definition) is 4. The summed E-state index contributed by atoms with van der Waals surface area (Å²) in [5.74, 6) is -1.27. The Hall–Kier alpha value is -1.89. The fourth-order valence-electron chi connectivity index (χ4n) is 3.32. The van der Waals surface area contributed by atoms with Gasteiger partial charge in [-0.25, -0.2) is 0 Å². The number of nitrogens with zero attached hydrogens (tertiary/aromatic N) is 2. The molecule has 2 N–H and O–H groups in total. The van der Waals surface area contributed by atoms with E-state index in [1.165, 1.54) is 12.8 Å². The van der Waals surface area contributed by atoms with E-state index in [0.29, 0.717) is 24.8 Å². The number of carboxylic acids is 1. The molecular weight excluding hydrogens is 286 g/mol. The Bertz CT molecular complexity index is 557. The maximum atomic E-state index is 12.4. The monoisotopic (exact) mass is 307 g/mol. The number of rotatable bonds is 5. The zero-order valence-electron chi connectivity index (χ0n) is 12.5. The molecule has 7 nitrogen and oxygen atoms in total. The molecule has 1 saturated carbocycles. The lowest BCUT2D eigenvalue weighted by Gasteiger charge is -2.26. The Morgan fingerprint density at radius 1 is 1.45 bits per heavy atom. The SMILES string of the molecule is O=C(O)CC1(NC(=O)c2ccn(C3CCCC3)n2)CCOC1. The molecule has 1 unspecified atom stereocenters. The summed E-state index contributed by atoms with van der Waals surface area (Å²) < 4.78 is 7.14. The molecule has 0 bridgehead atoms. The molecule has 1 amide bonds. The van der Waals surface area contributed by atoms with E-state index in [1.807, 2.05) is 10.9 Å². The van der Waals surface area contributed by atoms with Crippen molar-refractivity contribution in [3.8, 4) is 0 Å². The summed E-state index contributed by atoms with van der Waals surface area (Å²) in [6.07, 6.45) is 6.80. The minimum atomic E-state index is -0.942. The number of carbonyl (C=O) groups excluding carboxylic acids is 1. The summed E-state index contributed by atoms with van der Waals surface area (Å²) in [6, 6.07) is 2.07. The van der Waals surface area contributed by atoms with Crippen LogP contribution in [0.2, 0.25) is 0 Å². The van der Waals surface area contributed by atoms with Gasteiger partial charge in [-0.2, -0.15) is 5.10 Å². The summed E-state index contributed by atoms with van der Waals surface area (Å²) in [5.41, 5.74) is -0.483. The Labute approximate surface area is 128 Å². The van der Waals surface area contributed by atoms with Crippen molar-refractivity contribution in [1.29, 1.82) is 0 Å². The molecule has 1 aliphatic carbocycles. The van der Waals surface area contributed by atoms with Crippen LogP contribution in [0.25, 0.3) is 0 Å². The van der Waals surface area contributed by atoms with E-state index in [0.717, 1.165) is 12.8 Å². The average Bonchev–Trinajstić information content (AvgIpc) is 3.19. The van der Waals surface area contributed by atoms with Gasteiger partial charge in [-0.15, -0.1) is 0 Å². The van der Waals surface area contributed by atoms with E-state index in [9.17, 15) is 9.59 Å². The van der Waals surface area contributed by atoms with Crippen LogP contribution in [-0.2, 0) is 9.53 Å². The third-order valence-electron chi connectivity index (χ3n) is 4.51. The minimum Gasteiger partial charge on any atom is -0.481 e. The molecule has 1 atom stereocenters. The zero-order chi connectivity index (χ0) is 15.6. The predicted octanol–water partition coefficient (Wildman–Crippen LogP) is 1.36. The van der Waals surface area contributed by atoms with Gasteiger partial charge < -0.3 is 15.2 Å². The van der Waals surface area contributed by atoms with Gasteiger partial charge in [0.15, 0.2) is 0 Å². The van der Waals surface area contributed by atoms with Crippen LogP contribution in [0.1, 0.15) is 55.1 Å². The highest BCUT2D eigenvalue weighted by Gasteiger charge is 2.39. The normalized spacial score (nSPS) is 25.5. The average molecular weight is 307 g/mol. The lowest BCUT2D eigenvalue weighted by atomic mass is 9.94. The molecule has 1 aromatic rings. The van der Waals surface area contributed by atoms with E-state index in [4.69, 9.17) is 9.84 Å². The minimum absolute atomic E-state index is 0.137. The topological polar surface area (TPSA) is 93.5 Å². The van der Waals surface area contributed by atoms with Crippen LogP contribution < -0.4 is 5.32 Å². The van der Waals surface area contributed by atoms with Crippen molar-refractivity contribution in [2.75, 3.05) is 13.2 Å². The first-order valence-corrected chi connectivity index (χ1v) is 7.75. The Morgan fingerprint density at radius 2 is 2.23 bits per heavy atom. The van der Waals surface area contributed by atoms with Crippen LogP contribution in [0.3, 0.4) is 0 Å². The smallest absolute Gasteiger partial charge is 0.305 e. The third kappa shape index (κ3) is 3.14. The van der Waals surface area contributed by atoms with Crippen LogP contribution in [0.4, 0.5) is 0 Å². The van der Waals surface area contributed by atoms with Crippen molar-refractivity contribution < 1.29 is 19.4 Å². The van der Waals surface area contributed by atoms with Crippen LogP contribution in [0.5, 0.6) is 0 Å². The fraction of sp³-hybridized carbons (Fsp3) is 0.667. The molecule has 2 fully saturated rings. The second-order valence-corrected chi connectivity index (χ2v) is 6.23. The predicted molar refractivity (Wildman–Crippen MR) is 77.6 cm³/mol. The number of carboxylic acid groups (broad SMARTS) is 1. The second-order valence-electron chi connectivity index (χ2n) is 6.23. The molecule has 120 valence electrons. The number of aliphatic carboxylic acids is 1. The number of hydrogen-bond donors (Lipinski definition) is 2. The maximum Gasteiger partial charge on any atom is 0.305 e. The van der Waals surface area contributed by atoms with E-state index in [1.54, 1.807) is 6.07 Å². The quantitative estimate of drug-likeness (QED) is 0.856. The van der Waals surface area contributed by atoms with Gasteiger partial charge in [0, 0.05) is 12.8 Å². The van der Waals surface area contributed by atoms with E-state index >= 15 is 0 Å². The Morgan fingerprint density at radius 3 is 2.86 bits per heavy atom. The standard InChI is InChI=1S/C15H21N3O4/c19-13(20)9-15(6-8-22-10-15)16-14(21)12-5-7-18(17-12)11-3-1-2-4-11/h5,7,11H,1-4,6,8-10H2,(H,16,21)(H,19,20). The zero-order valence-corrected chi connectivity index (χ0v) is 12.5. The first-order chi connectivity index (χ1) is 10.6. The number of carbonyl (C=O) groups is 2. The molecular formula is C15H21N3O4. The fourth-order valence-corrected chi connectivity index (χ4v) is 3.32. The van der Waals surface area contributed by atoms with Gasteiger partial charge in [0.25, 0.3) is 5.91 Å². The molecule has 0 radical (unpaired) electrons. The molecule has 3 rings (SSSR count). The van der Waals surface area contributed by atoms with Crippen molar-refractivity contribution in [3.05, 3.63) is 18.0 Å². The largest absolute Gasteiger partial charge is 0.481 e. The van der Waals surface area contributed by atoms with Crippen LogP contribution in [-0.4, -0.2) is 45.5 Å². The van der Waals surface area contributed by atoms with Gasteiger partial charge in [0.05, 0.1) is 24.6 Å². The van der Waals surface area contributed by atoms with Crippen molar-refractivity contribution in [2.45, 2.75) is 50.1 Å². The number of nitrogens with one attached hydrogen (secondary N) is 1. The van der Waals surface area contributed by atoms with Gasteiger partial charge >= 0.3 is 5.97 Å². The van der Waals surface area contributed by atoms with E-state index in [-0.39, 0.29) is 18.9 Å². The van der Waals surface area contributed by atoms with Crippen molar-refractivity contribution >= 4 is 11.9 Å². The van der Waals surface area contributed by atoms with Crippen molar-refractivity contribution in [2.24, 2.45) is 0 Å². The first kappa shape index (κ1) is 15.0. The van der Waals surface area contributed by atoms with E-state index in [2.05, 4.69) is 10.4 Å². The van der Waals surface area contributed by atoms with Crippen LogP contribution in [0, 0.1) is 0 Å². The maximum absolute atomic E-state index is 12.4. The van der Waals surface area contributed by atoms with Gasteiger partial charge in [-0.3, -0.25) is 14.3 Å². The van der Waals surface area contributed by atoms with Gasteiger partial charge in [-0.1, -0.05) is 12.8 Å². The lowest BCUT2D eigenvalue weighted by molar-refractivity contribution is -0.138. The summed E-state index contributed by atoms with van der Waals surface area (Å²) >= 11 is 0. The van der Waals surface area contributed by atoms with Gasteiger partial charge in [-0.05, 0) is 25.3 Å². The molecule has 1 aromatic heterocycles. The molecule has 0 aromatic carbocycles. The van der Waals surface area contributed by atoms with Gasteiger partial charge in [0.2, 0.25) is 0 Å². The lowest BCUT2D eigenvalue weighted by Crippen LogP contribution is -2.50. The molecule has 0 spiro atoms. The number of ether oxygens (including phenoxy) is 1. The van der Waals surface area contributed by atoms with Gasteiger partial charge in [0.1, 0.15) is 5.69 Å². The Kier molecular flexibility index (Phi) is 4.15. The van der Waals surface area contributed by atoms with Crippen molar-refractivity contribution in [3.63, 3.8) is 0 Å². The summed E-state index contributed by atoms with van der Waals surface area (Å²) in [4.78, 5) is 23.4. The molecule has 7 heteroatoms. The van der Waals surface area contributed by atoms with Crippen LogP contribution >= 0.6 is 0 Å². The molecule has 1 aliphatic heterocycles. The highest BCUT2D eigenvalue weighted by Crippen LogP contribution is 2.29. The van der Waals surface area contributed by atoms with Crippen molar-refractivity contribution in [1.82, 2.24) is 15.1 Å². The van der Waals surface area contributed by atoms with E-state index < -0.39 is 11.5 Å². The molecule has 22 heavy (non-hydrogen) atoms. The highest BCUT2D eigenvalue weighted by atomic mass is 16.5. The summed E-state index contributed by atoms with van der Waals surface area (Å²) in [5, 5.41) is 16.2. The highest BCUT2D eigenvalue weighted by molar-refractivity contribution is 5.93. The molecule has 2 heterocycles. The first-order valence-electron chi connectivity index (χ1n) is 7.75. The Balaban J connectivity index is 1.69. The number of amides is 1. The van der Waals surface area contributed by atoms with Crippen LogP contribution in [0.15, 0.2) is 12.3 Å². The third-order valence-corrected chi connectivity index (χ3v) is 4.51.